The average molecular weight is 266 g/mol. The maximum absolute atomic E-state index is 11.9. The zero-order valence-electron chi connectivity index (χ0n) is 10.8. The van der Waals surface area contributed by atoms with Crippen LogP contribution in [0.15, 0.2) is 48.9 Å². The Hall–Kier alpha value is -2.69. The first-order valence-electron chi connectivity index (χ1n) is 6.43. The summed E-state index contributed by atoms with van der Waals surface area (Å²) in [6.45, 7) is 0. The lowest BCUT2D eigenvalue weighted by Gasteiger charge is -2.05. The molecule has 2 N–H and O–H groups in total. The van der Waals surface area contributed by atoms with Crippen molar-refractivity contribution in [2.75, 3.05) is 5.32 Å². The number of aromatic amines is 1. The summed E-state index contributed by atoms with van der Waals surface area (Å²) in [6.07, 6.45) is 6.37. The molecule has 2 aromatic heterocycles. The van der Waals surface area contributed by atoms with E-state index in [0.29, 0.717) is 12.8 Å². The molecule has 2 heterocycles. The van der Waals surface area contributed by atoms with Crippen molar-refractivity contribution in [1.29, 1.82) is 0 Å². The average Bonchev–Trinajstić information content (AvgIpc) is 2.94. The number of pyridine rings is 1. The summed E-state index contributed by atoms with van der Waals surface area (Å²) in [5.41, 5.74) is 2.86. The van der Waals surface area contributed by atoms with Crippen LogP contribution in [0.1, 0.15) is 12.0 Å². The molecule has 0 spiro atoms. The van der Waals surface area contributed by atoms with E-state index < -0.39 is 0 Å². The van der Waals surface area contributed by atoms with E-state index in [-0.39, 0.29) is 5.91 Å². The number of H-pyrrole nitrogens is 1. The van der Waals surface area contributed by atoms with Gasteiger partial charge in [-0.1, -0.05) is 0 Å². The van der Waals surface area contributed by atoms with Gasteiger partial charge in [-0.25, -0.2) is 0 Å². The molecule has 0 aliphatic heterocycles. The molecule has 5 nitrogen and oxygen atoms in total. The minimum absolute atomic E-state index is 0.00431. The van der Waals surface area contributed by atoms with E-state index in [2.05, 4.69) is 20.5 Å². The number of aromatic nitrogens is 3. The molecule has 0 bridgehead atoms. The molecular weight excluding hydrogens is 252 g/mol. The molecule has 0 atom stereocenters. The van der Waals surface area contributed by atoms with E-state index in [1.54, 1.807) is 18.6 Å². The number of amides is 1. The Morgan fingerprint density at radius 1 is 1.20 bits per heavy atom. The number of aryl methyl sites for hydroxylation is 1. The minimum Gasteiger partial charge on any atom is -0.326 e. The predicted octanol–water partition coefficient (Wildman–Crippen LogP) is 2.53. The van der Waals surface area contributed by atoms with Crippen LogP contribution in [0.25, 0.3) is 10.9 Å². The van der Waals surface area contributed by atoms with Crippen LogP contribution in [0.2, 0.25) is 0 Å². The second kappa shape index (κ2) is 5.52. The van der Waals surface area contributed by atoms with Crippen molar-refractivity contribution in [1.82, 2.24) is 15.2 Å². The lowest BCUT2D eigenvalue weighted by atomic mass is 10.1. The number of carbonyl (C=O) groups excluding carboxylic acids is 1. The molecule has 5 heteroatoms. The van der Waals surface area contributed by atoms with Crippen LogP contribution in [0.4, 0.5) is 5.69 Å². The molecule has 0 fully saturated rings. The summed E-state index contributed by atoms with van der Waals surface area (Å²) in [4.78, 5) is 15.9. The Labute approximate surface area is 116 Å². The van der Waals surface area contributed by atoms with Crippen LogP contribution in [0.3, 0.4) is 0 Å². The summed E-state index contributed by atoms with van der Waals surface area (Å²) in [7, 11) is 0. The van der Waals surface area contributed by atoms with Crippen molar-refractivity contribution < 1.29 is 4.79 Å². The lowest BCUT2D eigenvalue weighted by molar-refractivity contribution is -0.116. The van der Waals surface area contributed by atoms with E-state index >= 15 is 0 Å². The zero-order chi connectivity index (χ0) is 13.8. The van der Waals surface area contributed by atoms with Gasteiger partial charge in [-0.3, -0.25) is 14.9 Å². The molecule has 3 rings (SSSR count). The molecule has 0 radical (unpaired) electrons. The van der Waals surface area contributed by atoms with Crippen molar-refractivity contribution in [3.05, 3.63) is 54.5 Å². The first kappa shape index (κ1) is 12.3. The number of rotatable bonds is 4. The molecule has 100 valence electrons. The summed E-state index contributed by atoms with van der Waals surface area (Å²) in [6, 6.07) is 9.52. The van der Waals surface area contributed by atoms with Gasteiger partial charge in [0.05, 0.1) is 11.7 Å². The number of nitrogens with zero attached hydrogens (tertiary/aromatic N) is 2. The predicted molar refractivity (Wildman–Crippen MR) is 77.3 cm³/mol. The fourth-order valence-corrected chi connectivity index (χ4v) is 2.05. The van der Waals surface area contributed by atoms with Gasteiger partial charge in [-0.2, -0.15) is 5.10 Å². The largest absolute Gasteiger partial charge is 0.326 e. The van der Waals surface area contributed by atoms with E-state index in [1.807, 2.05) is 30.3 Å². The van der Waals surface area contributed by atoms with Crippen LogP contribution >= 0.6 is 0 Å². The van der Waals surface area contributed by atoms with Gasteiger partial charge < -0.3 is 5.32 Å². The highest BCUT2D eigenvalue weighted by Crippen LogP contribution is 2.17. The van der Waals surface area contributed by atoms with Gasteiger partial charge in [0.1, 0.15) is 0 Å². The third-order valence-corrected chi connectivity index (χ3v) is 3.11. The highest BCUT2D eigenvalue weighted by molar-refractivity contribution is 5.93. The van der Waals surface area contributed by atoms with Crippen molar-refractivity contribution in [3.8, 4) is 0 Å². The molecule has 0 aliphatic carbocycles. The molecule has 1 aromatic carbocycles. The van der Waals surface area contributed by atoms with Gasteiger partial charge in [0.15, 0.2) is 0 Å². The van der Waals surface area contributed by atoms with Gasteiger partial charge in [0.2, 0.25) is 5.91 Å². The number of fused-ring (bicyclic) bond motifs is 1. The van der Waals surface area contributed by atoms with Crippen LogP contribution < -0.4 is 5.32 Å². The fourth-order valence-electron chi connectivity index (χ4n) is 2.05. The van der Waals surface area contributed by atoms with E-state index in [4.69, 9.17) is 0 Å². The van der Waals surface area contributed by atoms with Gasteiger partial charge in [0, 0.05) is 29.9 Å². The van der Waals surface area contributed by atoms with Crippen molar-refractivity contribution in [3.63, 3.8) is 0 Å². The number of nitrogens with one attached hydrogen (secondary N) is 2. The van der Waals surface area contributed by atoms with Crippen LogP contribution in [-0.2, 0) is 11.2 Å². The monoisotopic (exact) mass is 266 g/mol. The van der Waals surface area contributed by atoms with Crippen LogP contribution in [-0.4, -0.2) is 21.1 Å². The van der Waals surface area contributed by atoms with Gasteiger partial charge in [-0.05, 0) is 42.3 Å². The normalized spacial score (nSPS) is 10.6. The summed E-state index contributed by atoms with van der Waals surface area (Å²) in [5, 5.41) is 10.7. The quantitative estimate of drug-likeness (QED) is 0.762. The molecule has 3 aromatic rings. The zero-order valence-corrected chi connectivity index (χ0v) is 10.8. The molecule has 0 saturated carbocycles. The SMILES string of the molecule is O=C(CCc1ccncc1)Nc1ccc2[nH]ncc2c1. The van der Waals surface area contributed by atoms with Gasteiger partial charge in [-0.15, -0.1) is 0 Å². The Balaban J connectivity index is 1.61. The number of anilines is 1. The highest BCUT2D eigenvalue weighted by Gasteiger charge is 2.04. The summed E-state index contributed by atoms with van der Waals surface area (Å²) < 4.78 is 0. The number of benzene rings is 1. The molecule has 1 amide bonds. The van der Waals surface area contributed by atoms with Crippen LogP contribution in [0.5, 0.6) is 0 Å². The van der Waals surface area contributed by atoms with Gasteiger partial charge in [0.25, 0.3) is 0 Å². The Morgan fingerprint density at radius 2 is 2.05 bits per heavy atom. The highest BCUT2D eigenvalue weighted by atomic mass is 16.1. The lowest BCUT2D eigenvalue weighted by Crippen LogP contribution is -2.12. The third-order valence-electron chi connectivity index (χ3n) is 3.11. The van der Waals surface area contributed by atoms with E-state index in [0.717, 1.165) is 22.2 Å². The smallest absolute Gasteiger partial charge is 0.224 e. The first-order chi connectivity index (χ1) is 9.81. The van der Waals surface area contributed by atoms with Crippen molar-refractivity contribution in [2.24, 2.45) is 0 Å². The standard InChI is InChI=1S/C15H14N4O/c20-15(4-1-11-5-7-16-8-6-11)18-13-2-3-14-12(9-13)10-17-19-14/h2-3,5-10H,1,4H2,(H,17,19)(H,18,20). The molecule has 0 unspecified atom stereocenters. The number of carbonyl (C=O) groups is 1. The minimum atomic E-state index is 0.00431. The first-order valence-corrected chi connectivity index (χ1v) is 6.43. The van der Waals surface area contributed by atoms with Gasteiger partial charge >= 0.3 is 0 Å². The number of hydrogen-bond donors (Lipinski definition) is 2. The molecule has 0 aliphatic rings. The maximum Gasteiger partial charge on any atom is 0.224 e. The van der Waals surface area contributed by atoms with E-state index in [9.17, 15) is 4.79 Å². The van der Waals surface area contributed by atoms with Crippen molar-refractivity contribution in [2.45, 2.75) is 12.8 Å². The Bertz CT molecular complexity index is 721. The van der Waals surface area contributed by atoms with Crippen molar-refractivity contribution >= 4 is 22.5 Å². The second-order valence-electron chi connectivity index (χ2n) is 4.58. The number of hydrogen-bond acceptors (Lipinski definition) is 3. The maximum atomic E-state index is 11.9. The van der Waals surface area contributed by atoms with Crippen LogP contribution in [0, 0.1) is 0 Å². The summed E-state index contributed by atoms with van der Waals surface area (Å²) in [5.74, 6) is 0.00431. The second-order valence-corrected chi connectivity index (χ2v) is 4.58. The molecular formula is C15H14N4O. The third kappa shape index (κ3) is 2.83. The Kier molecular flexibility index (Phi) is 3.41. The fraction of sp³-hybridized carbons (Fsp3) is 0.133. The van der Waals surface area contributed by atoms with E-state index in [1.165, 1.54) is 0 Å². The Morgan fingerprint density at radius 3 is 2.90 bits per heavy atom. The summed E-state index contributed by atoms with van der Waals surface area (Å²) >= 11 is 0. The topological polar surface area (TPSA) is 70.7 Å². The molecule has 0 saturated heterocycles. The molecule has 20 heavy (non-hydrogen) atoms.